The van der Waals surface area contributed by atoms with Crippen molar-refractivity contribution in [3.05, 3.63) is 47.5 Å². The molecular formula is C20H25NO5S. The van der Waals surface area contributed by atoms with Crippen molar-refractivity contribution in [2.75, 3.05) is 26.9 Å². The first kappa shape index (κ1) is 19.5. The topological polar surface area (TPSA) is 73.9 Å². The van der Waals surface area contributed by atoms with E-state index < -0.39 is 10.0 Å². The first-order valence-electron chi connectivity index (χ1n) is 9.02. The molecule has 1 N–H and O–H groups in total. The predicted octanol–water partition coefficient (Wildman–Crippen LogP) is 3.08. The van der Waals surface area contributed by atoms with E-state index in [1.807, 2.05) is 18.2 Å². The van der Waals surface area contributed by atoms with Crippen molar-refractivity contribution in [3.8, 4) is 17.2 Å². The zero-order chi connectivity index (χ0) is 19.3. The summed E-state index contributed by atoms with van der Waals surface area (Å²) in [5, 5.41) is 0. The Morgan fingerprint density at radius 1 is 1.04 bits per heavy atom. The van der Waals surface area contributed by atoms with Crippen LogP contribution in [-0.2, 0) is 16.4 Å². The Labute approximate surface area is 160 Å². The summed E-state index contributed by atoms with van der Waals surface area (Å²) in [7, 11) is -1.96. The Morgan fingerprint density at radius 3 is 2.56 bits per heavy atom. The molecular weight excluding hydrogens is 366 g/mol. The molecule has 1 heterocycles. The number of rotatable bonds is 8. The lowest BCUT2D eigenvalue weighted by Crippen LogP contribution is -2.25. The van der Waals surface area contributed by atoms with E-state index in [-0.39, 0.29) is 4.90 Å². The molecule has 27 heavy (non-hydrogen) atoms. The number of sulfonamides is 1. The zero-order valence-electron chi connectivity index (χ0n) is 15.7. The molecule has 3 rings (SSSR count). The smallest absolute Gasteiger partial charge is 0.240 e. The standard InChI is InChI=1S/C20H25NO5S/c1-15-13-17(24-2)7-9-20(15)27(22,23)21-10-4-3-5-16-6-8-18-19(14-16)26-12-11-25-18/h6-9,13-14,21H,3-5,10-12H2,1-2H3. The first-order valence-corrected chi connectivity index (χ1v) is 10.5. The number of nitrogens with one attached hydrogen (secondary N) is 1. The Kier molecular flexibility index (Phi) is 6.23. The van der Waals surface area contributed by atoms with Crippen molar-refractivity contribution < 1.29 is 22.6 Å². The van der Waals surface area contributed by atoms with E-state index in [1.54, 1.807) is 32.2 Å². The van der Waals surface area contributed by atoms with E-state index in [0.717, 1.165) is 36.3 Å². The highest BCUT2D eigenvalue weighted by atomic mass is 32.2. The van der Waals surface area contributed by atoms with Crippen LogP contribution < -0.4 is 18.9 Å². The molecule has 0 atom stereocenters. The second kappa shape index (κ2) is 8.63. The fourth-order valence-electron chi connectivity index (χ4n) is 3.03. The second-order valence-electron chi connectivity index (χ2n) is 6.46. The van der Waals surface area contributed by atoms with Crippen LogP contribution in [0, 0.1) is 6.92 Å². The molecule has 0 fully saturated rings. The van der Waals surface area contributed by atoms with Gasteiger partial charge in [-0.15, -0.1) is 0 Å². The third kappa shape index (κ3) is 4.93. The van der Waals surface area contributed by atoms with Crippen molar-refractivity contribution >= 4 is 10.0 Å². The number of benzene rings is 2. The molecule has 0 spiro atoms. The van der Waals surface area contributed by atoms with Gasteiger partial charge in [0.1, 0.15) is 19.0 Å². The average molecular weight is 391 g/mol. The molecule has 2 aromatic carbocycles. The Balaban J connectivity index is 1.48. The van der Waals surface area contributed by atoms with Crippen LogP contribution in [0.15, 0.2) is 41.3 Å². The molecule has 6 nitrogen and oxygen atoms in total. The quantitative estimate of drug-likeness (QED) is 0.700. The molecule has 0 amide bonds. The first-order chi connectivity index (χ1) is 13.0. The minimum Gasteiger partial charge on any atom is -0.497 e. The van der Waals surface area contributed by atoms with E-state index in [2.05, 4.69) is 4.72 Å². The van der Waals surface area contributed by atoms with Crippen LogP contribution in [0.2, 0.25) is 0 Å². The van der Waals surface area contributed by atoms with E-state index in [1.165, 1.54) is 0 Å². The Hall–Kier alpha value is -2.25. The van der Waals surface area contributed by atoms with Gasteiger partial charge < -0.3 is 14.2 Å². The van der Waals surface area contributed by atoms with Crippen LogP contribution in [0.3, 0.4) is 0 Å². The Bertz CT molecular complexity index is 895. The van der Waals surface area contributed by atoms with Gasteiger partial charge in [0.25, 0.3) is 0 Å². The summed E-state index contributed by atoms with van der Waals surface area (Å²) in [5.41, 5.74) is 1.83. The number of hydrogen-bond donors (Lipinski definition) is 1. The molecule has 0 radical (unpaired) electrons. The van der Waals surface area contributed by atoms with Crippen LogP contribution in [0.5, 0.6) is 17.2 Å². The lowest BCUT2D eigenvalue weighted by Gasteiger charge is -2.18. The normalized spacial score (nSPS) is 13.4. The highest BCUT2D eigenvalue weighted by Gasteiger charge is 2.16. The third-order valence-electron chi connectivity index (χ3n) is 4.46. The molecule has 0 saturated heterocycles. The highest BCUT2D eigenvalue weighted by Crippen LogP contribution is 2.31. The molecule has 0 aromatic heterocycles. The highest BCUT2D eigenvalue weighted by molar-refractivity contribution is 7.89. The molecule has 1 aliphatic heterocycles. The van der Waals surface area contributed by atoms with Crippen molar-refractivity contribution in [1.29, 1.82) is 0 Å². The van der Waals surface area contributed by atoms with E-state index in [0.29, 0.717) is 31.1 Å². The number of fused-ring (bicyclic) bond motifs is 1. The van der Waals surface area contributed by atoms with Gasteiger partial charge in [-0.1, -0.05) is 6.07 Å². The summed E-state index contributed by atoms with van der Waals surface area (Å²) < 4.78 is 43.8. The van der Waals surface area contributed by atoms with Gasteiger partial charge in [0.05, 0.1) is 12.0 Å². The fraction of sp³-hybridized carbons (Fsp3) is 0.400. The number of ether oxygens (including phenoxy) is 3. The second-order valence-corrected chi connectivity index (χ2v) is 8.20. The monoisotopic (exact) mass is 391 g/mol. The lowest BCUT2D eigenvalue weighted by molar-refractivity contribution is 0.171. The van der Waals surface area contributed by atoms with Crippen LogP contribution in [0.25, 0.3) is 0 Å². The van der Waals surface area contributed by atoms with Crippen molar-refractivity contribution in [1.82, 2.24) is 4.72 Å². The summed E-state index contributed by atoms with van der Waals surface area (Å²) in [4.78, 5) is 0.287. The Morgan fingerprint density at radius 2 is 1.81 bits per heavy atom. The van der Waals surface area contributed by atoms with Gasteiger partial charge in [0.2, 0.25) is 10.0 Å². The molecule has 2 aromatic rings. The summed E-state index contributed by atoms with van der Waals surface area (Å²) >= 11 is 0. The van der Waals surface area contributed by atoms with Crippen molar-refractivity contribution in [3.63, 3.8) is 0 Å². The molecule has 7 heteroatoms. The summed E-state index contributed by atoms with van der Waals surface area (Å²) in [6.45, 7) is 3.32. The van der Waals surface area contributed by atoms with Gasteiger partial charge in [0.15, 0.2) is 11.5 Å². The van der Waals surface area contributed by atoms with Gasteiger partial charge >= 0.3 is 0 Å². The fourth-order valence-corrected chi connectivity index (χ4v) is 4.33. The maximum atomic E-state index is 12.5. The molecule has 0 bridgehead atoms. The maximum absolute atomic E-state index is 12.5. The molecule has 146 valence electrons. The van der Waals surface area contributed by atoms with Crippen LogP contribution in [0.1, 0.15) is 24.0 Å². The molecule has 0 saturated carbocycles. The van der Waals surface area contributed by atoms with Gasteiger partial charge in [-0.3, -0.25) is 0 Å². The lowest BCUT2D eigenvalue weighted by atomic mass is 10.1. The van der Waals surface area contributed by atoms with Crippen LogP contribution >= 0.6 is 0 Å². The average Bonchev–Trinajstić information content (AvgIpc) is 2.67. The minimum absolute atomic E-state index is 0.287. The molecule has 0 aliphatic carbocycles. The number of aryl methyl sites for hydroxylation is 2. The zero-order valence-corrected chi connectivity index (χ0v) is 16.5. The minimum atomic E-state index is -3.52. The predicted molar refractivity (Wildman–Crippen MR) is 103 cm³/mol. The third-order valence-corrected chi connectivity index (χ3v) is 6.08. The van der Waals surface area contributed by atoms with Crippen molar-refractivity contribution in [2.24, 2.45) is 0 Å². The SMILES string of the molecule is COc1ccc(S(=O)(=O)NCCCCc2ccc3c(c2)OCCO3)c(C)c1. The van der Waals surface area contributed by atoms with E-state index in [9.17, 15) is 8.42 Å². The van der Waals surface area contributed by atoms with Crippen molar-refractivity contribution in [2.45, 2.75) is 31.1 Å². The van der Waals surface area contributed by atoms with E-state index >= 15 is 0 Å². The summed E-state index contributed by atoms with van der Waals surface area (Å²) in [6.07, 6.45) is 2.49. The maximum Gasteiger partial charge on any atom is 0.240 e. The van der Waals surface area contributed by atoms with Gasteiger partial charge in [-0.2, -0.15) is 0 Å². The van der Waals surface area contributed by atoms with Crippen LogP contribution in [0.4, 0.5) is 0 Å². The van der Waals surface area contributed by atoms with Gasteiger partial charge in [-0.05, 0) is 67.6 Å². The number of hydrogen-bond acceptors (Lipinski definition) is 5. The summed E-state index contributed by atoms with van der Waals surface area (Å²) in [5.74, 6) is 2.22. The largest absolute Gasteiger partial charge is 0.497 e. The molecule has 0 unspecified atom stereocenters. The number of methoxy groups -OCH3 is 1. The molecule has 1 aliphatic rings. The van der Waals surface area contributed by atoms with Crippen LogP contribution in [-0.4, -0.2) is 35.3 Å². The van der Waals surface area contributed by atoms with Gasteiger partial charge in [0, 0.05) is 6.54 Å². The summed E-state index contributed by atoms with van der Waals surface area (Å²) in [6, 6.07) is 10.9. The van der Waals surface area contributed by atoms with Gasteiger partial charge in [-0.25, -0.2) is 13.1 Å². The van der Waals surface area contributed by atoms with E-state index in [4.69, 9.17) is 14.2 Å². The number of unbranched alkanes of at least 4 members (excludes halogenated alkanes) is 1.